The Morgan fingerprint density at radius 2 is 1.86 bits per heavy atom. The number of aliphatic hydroxyl groups excluding tert-OH is 1. The molecule has 2 rings (SSSR count). The number of aliphatic hydroxyl groups is 1. The Bertz CT molecular complexity index is 778. The molecule has 0 aliphatic heterocycles. The van der Waals surface area contributed by atoms with E-state index in [9.17, 15) is 4.79 Å². The second-order valence-electron chi connectivity index (χ2n) is 7.03. The van der Waals surface area contributed by atoms with Gasteiger partial charge in [-0.25, -0.2) is 4.98 Å². The molecule has 0 saturated heterocycles. The Morgan fingerprint density at radius 1 is 1.18 bits per heavy atom. The third-order valence-corrected chi connectivity index (χ3v) is 4.78. The number of hydrogen-bond acceptors (Lipinski definition) is 6. The molecule has 0 bridgehead atoms. The number of carboxylic acids is 1. The summed E-state index contributed by atoms with van der Waals surface area (Å²) in [4.78, 5) is 19.6. The predicted molar refractivity (Wildman–Crippen MR) is 110 cm³/mol. The quantitative estimate of drug-likeness (QED) is 0.438. The molecule has 1 aromatic heterocycles. The summed E-state index contributed by atoms with van der Waals surface area (Å²) in [5, 5.41) is 21.4. The van der Waals surface area contributed by atoms with Crippen molar-refractivity contribution in [3.63, 3.8) is 0 Å². The van der Waals surface area contributed by atoms with E-state index in [1.54, 1.807) is 0 Å². The summed E-state index contributed by atoms with van der Waals surface area (Å²) >= 11 is 0. The van der Waals surface area contributed by atoms with Gasteiger partial charge in [0.15, 0.2) is 0 Å². The monoisotopic (exact) mass is 386 g/mol. The first-order valence-electron chi connectivity index (χ1n) is 9.72. The predicted octanol–water partition coefficient (Wildman–Crippen LogP) is 2.94. The van der Waals surface area contributed by atoms with Crippen molar-refractivity contribution in [3.8, 4) is 0 Å². The maximum Gasteiger partial charge on any atom is 0.307 e. The maximum atomic E-state index is 10.8. The molecule has 7 heteroatoms. The minimum absolute atomic E-state index is 0.0170. The molecular formula is C21H30N4O3. The SMILES string of the molecule is CCC(CCCCO)Nc1nc(N)nc(C)c1Cc1ccc(CC(=O)O)cc1. The van der Waals surface area contributed by atoms with Gasteiger partial charge in [0, 0.05) is 30.3 Å². The Hall–Kier alpha value is -2.67. The molecule has 0 radical (unpaired) electrons. The number of nitrogens with two attached hydrogens (primary N) is 1. The minimum atomic E-state index is -0.839. The van der Waals surface area contributed by atoms with Crippen molar-refractivity contribution >= 4 is 17.7 Å². The number of carbonyl (C=O) groups is 1. The zero-order valence-corrected chi connectivity index (χ0v) is 16.6. The van der Waals surface area contributed by atoms with Gasteiger partial charge in [0.1, 0.15) is 5.82 Å². The molecule has 1 atom stereocenters. The molecule has 0 aliphatic rings. The summed E-state index contributed by atoms with van der Waals surface area (Å²) in [6, 6.07) is 7.81. The smallest absolute Gasteiger partial charge is 0.307 e. The van der Waals surface area contributed by atoms with Gasteiger partial charge in [0.05, 0.1) is 6.42 Å². The van der Waals surface area contributed by atoms with E-state index in [1.807, 2.05) is 31.2 Å². The highest BCUT2D eigenvalue weighted by Gasteiger charge is 2.15. The molecule has 7 nitrogen and oxygen atoms in total. The summed E-state index contributed by atoms with van der Waals surface area (Å²) < 4.78 is 0. The average Bonchev–Trinajstić information content (AvgIpc) is 2.64. The minimum Gasteiger partial charge on any atom is -0.481 e. The van der Waals surface area contributed by atoms with Gasteiger partial charge >= 0.3 is 5.97 Å². The summed E-state index contributed by atoms with van der Waals surface area (Å²) in [6.45, 7) is 4.25. The zero-order valence-electron chi connectivity index (χ0n) is 16.6. The second kappa shape index (κ2) is 10.6. The van der Waals surface area contributed by atoms with Crippen molar-refractivity contribution in [3.05, 3.63) is 46.6 Å². The van der Waals surface area contributed by atoms with Crippen LogP contribution >= 0.6 is 0 Å². The number of nitrogen functional groups attached to an aromatic ring is 1. The number of benzene rings is 1. The standard InChI is InChI=1S/C21H30N4O3/c1-3-17(6-4-5-11-26)24-20-18(14(2)23-21(22)25-20)12-15-7-9-16(10-8-15)13-19(27)28/h7-10,17,26H,3-6,11-13H2,1-2H3,(H,27,28)(H3,22,23,24,25). The van der Waals surface area contributed by atoms with Crippen LogP contribution < -0.4 is 11.1 Å². The number of hydrogen-bond donors (Lipinski definition) is 4. The fourth-order valence-corrected chi connectivity index (χ4v) is 3.18. The van der Waals surface area contributed by atoms with E-state index in [0.717, 1.165) is 53.9 Å². The number of nitrogens with one attached hydrogen (secondary N) is 1. The molecule has 0 fully saturated rings. The molecule has 1 unspecified atom stereocenters. The first-order valence-corrected chi connectivity index (χ1v) is 9.72. The van der Waals surface area contributed by atoms with Gasteiger partial charge in [-0.15, -0.1) is 0 Å². The fraction of sp³-hybridized carbons (Fsp3) is 0.476. The van der Waals surface area contributed by atoms with Crippen LogP contribution in [0.25, 0.3) is 0 Å². The van der Waals surface area contributed by atoms with Crippen molar-refractivity contribution in [2.75, 3.05) is 17.7 Å². The zero-order chi connectivity index (χ0) is 20.5. The van der Waals surface area contributed by atoms with Gasteiger partial charge < -0.3 is 21.3 Å². The van der Waals surface area contributed by atoms with Crippen molar-refractivity contribution in [1.29, 1.82) is 0 Å². The number of anilines is 2. The molecular weight excluding hydrogens is 356 g/mol. The van der Waals surface area contributed by atoms with Gasteiger partial charge in [0.2, 0.25) is 5.95 Å². The molecule has 0 amide bonds. The fourth-order valence-electron chi connectivity index (χ4n) is 3.18. The maximum absolute atomic E-state index is 10.8. The van der Waals surface area contributed by atoms with Gasteiger partial charge in [-0.1, -0.05) is 31.2 Å². The topological polar surface area (TPSA) is 121 Å². The van der Waals surface area contributed by atoms with Gasteiger partial charge in [0.25, 0.3) is 0 Å². The lowest BCUT2D eigenvalue weighted by atomic mass is 10.0. The highest BCUT2D eigenvalue weighted by atomic mass is 16.4. The second-order valence-corrected chi connectivity index (χ2v) is 7.03. The van der Waals surface area contributed by atoms with Crippen LogP contribution in [0, 0.1) is 6.92 Å². The first-order chi connectivity index (χ1) is 13.4. The Labute approximate surface area is 166 Å². The van der Waals surface area contributed by atoms with Crippen molar-refractivity contribution in [2.45, 2.75) is 58.4 Å². The van der Waals surface area contributed by atoms with E-state index >= 15 is 0 Å². The van der Waals surface area contributed by atoms with Crippen molar-refractivity contribution in [1.82, 2.24) is 9.97 Å². The van der Waals surface area contributed by atoms with E-state index < -0.39 is 5.97 Å². The summed E-state index contributed by atoms with van der Waals surface area (Å²) in [7, 11) is 0. The van der Waals surface area contributed by atoms with Crippen LogP contribution in [0.1, 0.15) is 55.0 Å². The lowest BCUT2D eigenvalue weighted by Gasteiger charge is -2.21. The molecule has 1 heterocycles. The molecule has 28 heavy (non-hydrogen) atoms. The molecule has 0 saturated carbocycles. The molecule has 0 spiro atoms. The molecule has 1 aromatic carbocycles. The number of aryl methyl sites for hydroxylation is 1. The lowest BCUT2D eigenvalue weighted by Crippen LogP contribution is -2.21. The molecule has 152 valence electrons. The van der Waals surface area contributed by atoms with Crippen LogP contribution in [0.5, 0.6) is 0 Å². The third kappa shape index (κ3) is 6.49. The summed E-state index contributed by atoms with van der Waals surface area (Å²) in [5.41, 5.74) is 9.52. The normalized spacial score (nSPS) is 12.0. The number of nitrogens with zero attached hydrogens (tertiary/aromatic N) is 2. The van der Waals surface area contributed by atoms with Gasteiger partial charge in [-0.3, -0.25) is 4.79 Å². The number of aromatic nitrogens is 2. The Kier molecular flexibility index (Phi) is 8.19. The number of unbranched alkanes of at least 4 members (excludes halogenated alkanes) is 1. The van der Waals surface area contributed by atoms with Crippen LogP contribution in [0.4, 0.5) is 11.8 Å². The van der Waals surface area contributed by atoms with Crippen molar-refractivity contribution in [2.24, 2.45) is 0 Å². The van der Waals surface area contributed by atoms with Crippen molar-refractivity contribution < 1.29 is 15.0 Å². The molecule has 0 aliphatic carbocycles. The van der Waals surface area contributed by atoms with E-state index in [1.165, 1.54) is 0 Å². The largest absolute Gasteiger partial charge is 0.481 e. The van der Waals surface area contributed by atoms with Gasteiger partial charge in [-0.05, 0) is 43.7 Å². The van der Waals surface area contributed by atoms with E-state index in [0.29, 0.717) is 6.42 Å². The Morgan fingerprint density at radius 3 is 2.46 bits per heavy atom. The first kappa shape index (κ1) is 21.6. The molecule has 2 aromatic rings. The Balaban J connectivity index is 2.20. The van der Waals surface area contributed by atoms with Crippen LogP contribution in [0.3, 0.4) is 0 Å². The lowest BCUT2D eigenvalue weighted by molar-refractivity contribution is -0.136. The highest BCUT2D eigenvalue weighted by Crippen LogP contribution is 2.23. The number of aliphatic carboxylic acids is 1. The summed E-state index contributed by atoms with van der Waals surface area (Å²) in [6.07, 6.45) is 4.28. The van der Waals surface area contributed by atoms with Crippen LogP contribution in [-0.4, -0.2) is 38.8 Å². The third-order valence-electron chi connectivity index (χ3n) is 4.78. The summed E-state index contributed by atoms with van der Waals surface area (Å²) in [5.74, 6) is 0.148. The molecule has 5 N–H and O–H groups in total. The number of rotatable bonds is 11. The van der Waals surface area contributed by atoms with Gasteiger partial charge in [-0.2, -0.15) is 4.98 Å². The van der Waals surface area contributed by atoms with Crippen LogP contribution in [-0.2, 0) is 17.6 Å². The van der Waals surface area contributed by atoms with Crippen LogP contribution in [0.2, 0.25) is 0 Å². The van der Waals surface area contributed by atoms with Crippen LogP contribution in [0.15, 0.2) is 24.3 Å². The number of carboxylic acid groups (broad SMARTS) is 1. The average molecular weight is 386 g/mol. The highest BCUT2D eigenvalue weighted by molar-refractivity contribution is 5.70. The van der Waals surface area contributed by atoms with E-state index in [2.05, 4.69) is 22.2 Å². The van der Waals surface area contributed by atoms with E-state index in [-0.39, 0.29) is 25.0 Å². The van der Waals surface area contributed by atoms with E-state index in [4.69, 9.17) is 15.9 Å².